The van der Waals surface area contributed by atoms with Crippen LogP contribution in [0.25, 0.3) is 0 Å². The highest BCUT2D eigenvalue weighted by atomic mass is 35.5. The molecule has 2 rings (SSSR count). The normalized spacial score (nSPS) is 10.2. The molecule has 0 aliphatic carbocycles. The van der Waals surface area contributed by atoms with Crippen LogP contribution in [0, 0.1) is 13.8 Å². The molecule has 5 nitrogen and oxygen atoms in total. The first-order valence-corrected chi connectivity index (χ1v) is 7.42. The molecule has 0 fully saturated rings. The number of hydrogen-bond donors (Lipinski definition) is 2. The van der Waals surface area contributed by atoms with Crippen molar-refractivity contribution in [3.63, 3.8) is 0 Å². The minimum absolute atomic E-state index is 0.284. The predicted octanol–water partition coefficient (Wildman–Crippen LogP) is 2.67. The first kappa shape index (κ1) is 15.5. The molecule has 2 N–H and O–H groups in total. The van der Waals surface area contributed by atoms with Gasteiger partial charge in [0.2, 0.25) is 0 Å². The summed E-state index contributed by atoms with van der Waals surface area (Å²) in [4.78, 5) is 28.6. The van der Waals surface area contributed by atoms with E-state index in [4.69, 9.17) is 11.6 Å². The van der Waals surface area contributed by atoms with Crippen LogP contribution in [0.1, 0.15) is 15.4 Å². The van der Waals surface area contributed by atoms with Crippen molar-refractivity contribution < 1.29 is 9.59 Å². The Bertz CT molecular complexity index is 685. The third-order valence-electron chi connectivity index (χ3n) is 2.75. The number of benzene rings is 1. The fraction of sp³-hybridized carbons (Fsp3) is 0.214. The number of aryl methyl sites for hydroxylation is 2. The quantitative estimate of drug-likeness (QED) is 0.853. The molecule has 21 heavy (non-hydrogen) atoms. The number of aromatic nitrogens is 1. The zero-order valence-corrected chi connectivity index (χ0v) is 13.1. The Hall–Kier alpha value is -1.92. The summed E-state index contributed by atoms with van der Waals surface area (Å²) >= 11 is 7.34. The molecular weight excluding hydrogens is 310 g/mol. The van der Waals surface area contributed by atoms with Gasteiger partial charge in [0.15, 0.2) is 0 Å². The van der Waals surface area contributed by atoms with Gasteiger partial charge in [0.25, 0.3) is 0 Å². The average molecular weight is 324 g/mol. The molecule has 1 aromatic heterocycles. The van der Waals surface area contributed by atoms with Crippen LogP contribution < -0.4 is 10.6 Å². The Morgan fingerprint density at radius 2 is 2.05 bits per heavy atom. The highest BCUT2D eigenvalue weighted by molar-refractivity contribution is 7.11. The smallest absolute Gasteiger partial charge is 0.313 e. The Balaban J connectivity index is 1.93. The number of carbonyl (C=O) groups excluding carboxylic acids is 2. The number of nitrogens with zero attached hydrogens (tertiary/aromatic N) is 1. The summed E-state index contributed by atoms with van der Waals surface area (Å²) in [6.07, 6.45) is 1.68. The molecule has 0 spiro atoms. The van der Waals surface area contributed by atoms with Gasteiger partial charge < -0.3 is 10.6 Å². The molecule has 2 aromatic rings. The van der Waals surface area contributed by atoms with Crippen LogP contribution in [0.15, 0.2) is 24.4 Å². The summed E-state index contributed by atoms with van der Waals surface area (Å²) in [6.45, 7) is 3.99. The lowest BCUT2D eigenvalue weighted by molar-refractivity contribution is -0.136. The number of carbonyl (C=O) groups is 2. The maximum absolute atomic E-state index is 11.8. The van der Waals surface area contributed by atoms with Crippen molar-refractivity contribution in [1.82, 2.24) is 10.3 Å². The highest BCUT2D eigenvalue weighted by Crippen LogP contribution is 2.20. The number of hydrogen-bond acceptors (Lipinski definition) is 4. The molecule has 0 radical (unpaired) electrons. The zero-order valence-electron chi connectivity index (χ0n) is 11.6. The van der Waals surface area contributed by atoms with Gasteiger partial charge in [0.05, 0.1) is 11.6 Å². The van der Waals surface area contributed by atoms with Gasteiger partial charge in [0.1, 0.15) is 0 Å². The lowest BCUT2D eigenvalue weighted by atomic mass is 10.2. The van der Waals surface area contributed by atoms with Crippen molar-refractivity contribution in [3.8, 4) is 0 Å². The second-order valence-corrected chi connectivity index (χ2v) is 6.20. The summed E-state index contributed by atoms with van der Waals surface area (Å²) < 4.78 is 0. The lowest BCUT2D eigenvalue weighted by Gasteiger charge is -2.08. The van der Waals surface area contributed by atoms with E-state index in [1.165, 1.54) is 11.3 Å². The third-order valence-corrected chi connectivity index (χ3v) is 3.89. The van der Waals surface area contributed by atoms with E-state index in [-0.39, 0.29) is 6.54 Å². The Morgan fingerprint density at radius 3 is 2.71 bits per heavy atom. The Labute approximate surface area is 131 Å². The number of amides is 2. The first-order chi connectivity index (χ1) is 9.95. The Morgan fingerprint density at radius 1 is 1.29 bits per heavy atom. The molecule has 110 valence electrons. The second kappa shape index (κ2) is 6.69. The van der Waals surface area contributed by atoms with Crippen molar-refractivity contribution in [3.05, 3.63) is 44.9 Å². The van der Waals surface area contributed by atoms with E-state index < -0.39 is 11.8 Å². The van der Waals surface area contributed by atoms with Crippen molar-refractivity contribution in [1.29, 1.82) is 0 Å². The maximum Gasteiger partial charge on any atom is 0.313 e. The molecule has 0 bridgehead atoms. The fourth-order valence-electron chi connectivity index (χ4n) is 1.64. The number of halogens is 1. The van der Waals surface area contributed by atoms with E-state index in [9.17, 15) is 9.59 Å². The van der Waals surface area contributed by atoms with E-state index in [0.717, 1.165) is 15.4 Å². The summed E-state index contributed by atoms with van der Waals surface area (Å²) in [5, 5.41) is 6.51. The van der Waals surface area contributed by atoms with Gasteiger partial charge in [-0.25, -0.2) is 4.98 Å². The van der Waals surface area contributed by atoms with Crippen molar-refractivity contribution in [2.45, 2.75) is 20.4 Å². The molecule has 0 unspecified atom stereocenters. The molecule has 7 heteroatoms. The number of rotatable bonds is 3. The van der Waals surface area contributed by atoms with Crippen molar-refractivity contribution in [2.24, 2.45) is 0 Å². The second-order valence-electron chi connectivity index (χ2n) is 4.44. The van der Waals surface area contributed by atoms with Crippen LogP contribution >= 0.6 is 22.9 Å². The molecule has 0 atom stereocenters. The monoisotopic (exact) mass is 323 g/mol. The molecule has 0 aliphatic rings. The number of anilines is 1. The van der Waals surface area contributed by atoms with E-state index in [2.05, 4.69) is 15.6 Å². The van der Waals surface area contributed by atoms with E-state index in [1.54, 1.807) is 24.4 Å². The third kappa shape index (κ3) is 4.27. The van der Waals surface area contributed by atoms with Crippen molar-refractivity contribution in [2.75, 3.05) is 5.32 Å². The predicted molar refractivity (Wildman–Crippen MR) is 83.5 cm³/mol. The molecule has 0 saturated heterocycles. The van der Waals surface area contributed by atoms with Gasteiger partial charge >= 0.3 is 11.8 Å². The number of nitrogens with one attached hydrogen (secondary N) is 2. The first-order valence-electron chi connectivity index (χ1n) is 6.22. The van der Waals surface area contributed by atoms with Gasteiger partial charge in [-0.05, 0) is 31.5 Å². The van der Waals surface area contributed by atoms with Gasteiger partial charge in [-0.2, -0.15) is 0 Å². The van der Waals surface area contributed by atoms with Crippen LogP contribution in [0.3, 0.4) is 0 Å². The summed E-state index contributed by atoms with van der Waals surface area (Å²) in [5.41, 5.74) is 1.36. The van der Waals surface area contributed by atoms with Crippen molar-refractivity contribution >= 4 is 40.4 Å². The topological polar surface area (TPSA) is 71.1 Å². The van der Waals surface area contributed by atoms with Crippen LogP contribution in [-0.2, 0) is 16.1 Å². The largest absolute Gasteiger partial charge is 0.343 e. The molecule has 2 amide bonds. The lowest BCUT2D eigenvalue weighted by Crippen LogP contribution is -2.34. The molecule has 0 aliphatic heterocycles. The Kier molecular flexibility index (Phi) is 4.93. The van der Waals surface area contributed by atoms with Gasteiger partial charge in [-0.15, -0.1) is 11.3 Å². The minimum atomic E-state index is -0.721. The van der Waals surface area contributed by atoms with Crippen LogP contribution in [-0.4, -0.2) is 16.8 Å². The highest BCUT2D eigenvalue weighted by Gasteiger charge is 2.15. The molecule has 0 saturated carbocycles. The van der Waals surface area contributed by atoms with Gasteiger partial charge in [0, 0.05) is 21.8 Å². The molecule has 1 aromatic carbocycles. The minimum Gasteiger partial charge on any atom is -0.343 e. The van der Waals surface area contributed by atoms with Gasteiger partial charge in [-0.3, -0.25) is 9.59 Å². The zero-order chi connectivity index (χ0) is 15.4. The van der Waals surface area contributed by atoms with E-state index in [1.807, 2.05) is 13.8 Å². The molecular formula is C14H14ClN3O2S. The number of thiazole rings is 1. The maximum atomic E-state index is 11.8. The van der Waals surface area contributed by atoms with E-state index in [0.29, 0.717) is 10.7 Å². The van der Waals surface area contributed by atoms with Crippen LogP contribution in [0.5, 0.6) is 0 Å². The standard InChI is InChI=1S/C14H14ClN3O2S/c1-8-3-4-10(15)5-12(8)18-14(20)13(19)17-7-11-6-16-9(2)21-11/h3-6H,7H2,1-2H3,(H,17,19)(H,18,20). The summed E-state index contributed by atoms with van der Waals surface area (Å²) in [6, 6.07) is 5.10. The molecule has 1 heterocycles. The van der Waals surface area contributed by atoms with E-state index >= 15 is 0 Å². The van der Waals surface area contributed by atoms with Gasteiger partial charge in [-0.1, -0.05) is 17.7 Å². The fourth-order valence-corrected chi connectivity index (χ4v) is 2.55. The average Bonchev–Trinajstić information content (AvgIpc) is 2.86. The van der Waals surface area contributed by atoms with Crippen LogP contribution in [0.2, 0.25) is 5.02 Å². The summed E-state index contributed by atoms with van der Waals surface area (Å²) in [7, 11) is 0. The SMILES string of the molecule is Cc1ncc(CNC(=O)C(=O)Nc2cc(Cl)ccc2C)s1. The summed E-state index contributed by atoms with van der Waals surface area (Å²) in [5.74, 6) is -1.41. The van der Waals surface area contributed by atoms with Crippen LogP contribution in [0.4, 0.5) is 5.69 Å².